The third-order valence-electron chi connectivity index (χ3n) is 5.64. The first-order valence-corrected chi connectivity index (χ1v) is 9.18. The highest BCUT2D eigenvalue weighted by Crippen LogP contribution is 2.32. The SMILES string of the molecule is Cc1nc(N2CCC(C)(C)CC2)ccc1NC1CCC(N)CC1. The topological polar surface area (TPSA) is 54.2 Å². The summed E-state index contributed by atoms with van der Waals surface area (Å²) in [5.41, 5.74) is 8.78. The molecule has 1 aliphatic heterocycles. The minimum Gasteiger partial charge on any atom is -0.381 e. The monoisotopic (exact) mass is 316 g/mol. The lowest BCUT2D eigenvalue weighted by atomic mass is 9.83. The predicted molar refractivity (Wildman–Crippen MR) is 98.1 cm³/mol. The molecule has 3 N–H and O–H groups in total. The molecule has 2 fully saturated rings. The smallest absolute Gasteiger partial charge is 0.128 e. The second-order valence-corrected chi connectivity index (χ2v) is 8.21. The van der Waals surface area contributed by atoms with Gasteiger partial charge in [0.1, 0.15) is 5.82 Å². The number of hydrogen-bond donors (Lipinski definition) is 2. The molecule has 4 nitrogen and oxygen atoms in total. The number of nitrogens with one attached hydrogen (secondary N) is 1. The number of anilines is 2. The molecule has 2 aliphatic rings. The van der Waals surface area contributed by atoms with Crippen LogP contribution in [0.1, 0.15) is 58.1 Å². The van der Waals surface area contributed by atoms with E-state index in [0.29, 0.717) is 17.5 Å². The summed E-state index contributed by atoms with van der Waals surface area (Å²) in [4.78, 5) is 7.30. The number of aryl methyl sites for hydroxylation is 1. The lowest BCUT2D eigenvalue weighted by Gasteiger charge is -2.37. The number of aromatic nitrogens is 1. The zero-order valence-corrected chi connectivity index (χ0v) is 14.9. The summed E-state index contributed by atoms with van der Waals surface area (Å²) in [7, 11) is 0. The van der Waals surface area contributed by atoms with E-state index in [1.807, 2.05) is 0 Å². The van der Waals surface area contributed by atoms with Crippen LogP contribution >= 0.6 is 0 Å². The van der Waals surface area contributed by atoms with Crippen LogP contribution in [0.2, 0.25) is 0 Å². The fourth-order valence-corrected chi connectivity index (χ4v) is 3.70. The number of hydrogen-bond acceptors (Lipinski definition) is 4. The Balaban J connectivity index is 1.62. The van der Waals surface area contributed by atoms with Crippen LogP contribution in [0.4, 0.5) is 11.5 Å². The molecule has 4 heteroatoms. The molecule has 3 rings (SSSR count). The number of piperidine rings is 1. The van der Waals surface area contributed by atoms with E-state index in [9.17, 15) is 0 Å². The van der Waals surface area contributed by atoms with Crippen molar-refractivity contribution in [3.63, 3.8) is 0 Å². The minimum atomic E-state index is 0.401. The van der Waals surface area contributed by atoms with E-state index >= 15 is 0 Å². The maximum Gasteiger partial charge on any atom is 0.128 e. The van der Waals surface area contributed by atoms with Crippen molar-refractivity contribution in [2.45, 2.75) is 71.4 Å². The molecular weight excluding hydrogens is 284 g/mol. The molecule has 2 heterocycles. The van der Waals surface area contributed by atoms with E-state index in [1.54, 1.807) is 0 Å². The Kier molecular flexibility index (Phi) is 4.81. The third kappa shape index (κ3) is 4.17. The van der Waals surface area contributed by atoms with Gasteiger partial charge in [0.05, 0.1) is 11.4 Å². The quantitative estimate of drug-likeness (QED) is 0.893. The zero-order chi connectivity index (χ0) is 16.4. The molecule has 23 heavy (non-hydrogen) atoms. The van der Waals surface area contributed by atoms with Crippen LogP contribution in [0.5, 0.6) is 0 Å². The van der Waals surface area contributed by atoms with Crippen molar-refractivity contribution in [2.24, 2.45) is 11.1 Å². The lowest BCUT2D eigenvalue weighted by Crippen LogP contribution is -2.37. The summed E-state index contributed by atoms with van der Waals surface area (Å²) in [6.45, 7) is 9.09. The molecule has 1 saturated carbocycles. The molecule has 0 aromatic carbocycles. The highest BCUT2D eigenvalue weighted by molar-refractivity contribution is 5.54. The molecule has 0 radical (unpaired) electrons. The number of rotatable bonds is 3. The van der Waals surface area contributed by atoms with Gasteiger partial charge >= 0.3 is 0 Å². The van der Waals surface area contributed by atoms with Crippen molar-refractivity contribution < 1.29 is 0 Å². The van der Waals surface area contributed by atoms with Gasteiger partial charge in [-0.05, 0) is 63.0 Å². The van der Waals surface area contributed by atoms with Crippen molar-refractivity contribution in [2.75, 3.05) is 23.3 Å². The molecule has 0 spiro atoms. The van der Waals surface area contributed by atoms with Gasteiger partial charge in [-0.15, -0.1) is 0 Å². The lowest BCUT2D eigenvalue weighted by molar-refractivity contribution is 0.279. The standard InChI is InChI=1S/C19H32N4/c1-14-17(22-16-6-4-15(20)5-7-16)8-9-18(21-14)23-12-10-19(2,3)11-13-23/h8-9,15-16,22H,4-7,10-13,20H2,1-3H3. The number of nitrogens with zero attached hydrogens (tertiary/aromatic N) is 2. The van der Waals surface area contributed by atoms with Crippen LogP contribution in [-0.2, 0) is 0 Å². The second kappa shape index (κ2) is 6.68. The van der Waals surface area contributed by atoms with Gasteiger partial charge in [0.25, 0.3) is 0 Å². The van der Waals surface area contributed by atoms with Gasteiger partial charge in [-0.1, -0.05) is 13.8 Å². The molecule has 0 amide bonds. The van der Waals surface area contributed by atoms with E-state index in [4.69, 9.17) is 10.7 Å². The number of nitrogens with two attached hydrogens (primary N) is 1. The van der Waals surface area contributed by atoms with Crippen molar-refractivity contribution in [1.29, 1.82) is 0 Å². The summed E-state index contributed by atoms with van der Waals surface area (Å²) < 4.78 is 0. The highest BCUT2D eigenvalue weighted by Gasteiger charge is 2.26. The van der Waals surface area contributed by atoms with Crippen molar-refractivity contribution in [3.8, 4) is 0 Å². The first-order chi connectivity index (χ1) is 10.9. The Morgan fingerprint density at radius 2 is 1.78 bits per heavy atom. The van der Waals surface area contributed by atoms with E-state index in [2.05, 4.69) is 43.1 Å². The molecule has 1 aromatic heterocycles. The molecule has 0 unspecified atom stereocenters. The molecule has 1 saturated heterocycles. The van der Waals surface area contributed by atoms with Gasteiger partial charge in [0, 0.05) is 25.2 Å². The fourth-order valence-electron chi connectivity index (χ4n) is 3.70. The van der Waals surface area contributed by atoms with Gasteiger partial charge < -0.3 is 16.0 Å². The first-order valence-electron chi connectivity index (χ1n) is 9.18. The van der Waals surface area contributed by atoms with Gasteiger partial charge in [0.15, 0.2) is 0 Å². The molecule has 0 atom stereocenters. The first kappa shape index (κ1) is 16.6. The second-order valence-electron chi connectivity index (χ2n) is 8.21. The van der Waals surface area contributed by atoms with Crippen LogP contribution in [0.25, 0.3) is 0 Å². The maximum atomic E-state index is 6.00. The summed E-state index contributed by atoms with van der Waals surface area (Å²) in [5, 5.41) is 3.68. The van der Waals surface area contributed by atoms with Gasteiger partial charge in [0.2, 0.25) is 0 Å². The van der Waals surface area contributed by atoms with Crippen molar-refractivity contribution >= 4 is 11.5 Å². The Labute approximate surface area is 140 Å². The Morgan fingerprint density at radius 3 is 2.39 bits per heavy atom. The third-order valence-corrected chi connectivity index (χ3v) is 5.64. The van der Waals surface area contributed by atoms with Gasteiger partial charge in [-0.3, -0.25) is 0 Å². The van der Waals surface area contributed by atoms with Crippen LogP contribution in [0.3, 0.4) is 0 Å². The minimum absolute atomic E-state index is 0.401. The van der Waals surface area contributed by atoms with E-state index in [1.165, 1.54) is 31.4 Å². The molecule has 1 aromatic rings. The van der Waals surface area contributed by atoms with Crippen LogP contribution in [-0.4, -0.2) is 30.2 Å². The van der Waals surface area contributed by atoms with Gasteiger partial charge in [-0.25, -0.2) is 4.98 Å². The van der Waals surface area contributed by atoms with E-state index in [0.717, 1.165) is 37.4 Å². The van der Waals surface area contributed by atoms with Crippen molar-refractivity contribution in [3.05, 3.63) is 17.8 Å². The maximum absolute atomic E-state index is 6.00. The fraction of sp³-hybridized carbons (Fsp3) is 0.737. The van der Waals surface area contributed by atoms with Crippen LogP contribution < -0.4 is 16.0 Å². The summed E-state index contributed by atoms with van der Waals surface area (Å²) in [6.07, 6.45) is 7.09. The number of pyridine rings is 1. The molecule has 0 bridgehead atoms. The average Bonchev–Trinajstić information content (AvgIpc) is 2.51. The molecule has 1 aliphatic carbocycles. The summed E-state index contributed by atoms with van der Waals surface area (Å²) >= 11 is 0. The Morgan fingerprint density at radius 1 is 1.13 bits per heavy atom. The Hall–Kier alpha value is -1.29. The Bertz CT molecular complexity index is 522. The zero-order valence-electron chi connectivity index (χ0n) is 14.9. The van der Waals surface area contributed by atoms with Gasteiger partial charge in [-0.2, -0.15) is 0 Å². The van der Waals surface area contributed by atoms with Crippen LogP contribution in [0, 0.1) is 12.3 Å². The largest absolute Gasteiger partial charge is 0.381 e. The van der Waals surface area contributed by atoms with E-state index in [-0.39, 0.29) is 0 Å². The predicted octanol–water partition coefficient (Wildman–Crippen LogP) is 3.70. The average molecular weight is 316 g/mol. The van der Waals surface area contributed by atoms with Crippen LogP contribution in [0.15, 0.2) is 12.1 Å². The van der Waals surface area contributed by atoms with E-state index < -0.39 is 0 Å². The normalized spacial score (nSPS) is 27.7. The molecule has 128 valence electrons. The summed E-state index contributed by atoms with van der Waals surface area (Å²) in [6, 6.07) is 5.35. The summed E-state index contributed by atoms with van der Waals surface area (Å²) in [5.74, 6) is 1.13. The van der Waals surface area contributed by atoms with Crippen molar-refractivity contribution in [1.82, 2.24) is 4.98 Å². The molecular formula is C19H32N4. The highest BCUT2D eigenvalue weighted by atomic mass is 15.2.